The molecule has 0 bridgehead atoms. The zero-order valence-corrected chi connectivity index (χ0v) is 23.3. The van der Waals surface area contributed by atoms with Crippen LogP contribution in [0.2, 0.25) is 0 Å². The second-order valence-electron chi connectivity index (χ2n) is 6.86. The van der Waals surface area contributed by atoms with E-state index in [0.717, 1.165) is 0 Å². The Hall–Kier alpha value is -2.45. The van der Waals surface area contributed by atoms with Gasteiger partial charge in [-0.05, 0) is 62.3 Å². The third-order valence-electron chi connectivity index (χ3n) is 4.26. The standard InChI is InChI=1S/3C8H15NO2.Fe/c3*1-4-9(5-2)8(11)6-7(3)10;/h3*6,11H,4-5H2,1-3H3;/b8-6-;;;. The van der Waals surface area contributed by atoms with Crippen LogP contribution < -0.4 is 0 Å². The molecule has 9 nitrogen and oxygen atoms in total. The van der Waals surface area contributed by atoms with Crippen molar-refractivity contribution in [1.29, 1.82) is 0 Å². The number of hydrogen-bond donors (Lipinski definition) is 3. The van der Waals surface area contributed by atoms with Crippen LogP contribution in [0.5, 0.6) is 0 Å². The molecule has 0 amide bonds. The smallest absolute Gasteiger partial charge is 0.190 e. The van der Waals surface area contributed by atoms with Crippen LogP contribution in [0.25, 0.3) is 0 Å². The Bertz CT molecular complexity index is 575. The van der Waals surface area contributed by atoms with E-state index >= 15 is 0 Å². The van der Waals surface area contributed by atoms with Gasteiger partial charge in [-0.1, -0.05) is 0 Å². The summed E-state index contributed by atoms with van der Waals surface area (Å²) >= 11 is 0. The maximum absolute atomic E-state index is 10.5. The molecule has 200 valence electrons. The summed E-state index contributed by atoms with van der Waals surface area (Å²) in [6, 6.07) is 0. The third-order valence-corrected chi connectivity index (χ3v) is 4.26. The number of aliphatic hydroxyl groups excluding tert-OH is 3. The molecule has 0 saturated carbocycles. The van der Waals surface area contributed by atoms with Gasteiger partial charge in [0.1, 0.15) is 0 Å². The quantitative estimate of drug-likeness (QED) is 0.197. The molecule has 0 spiro atoms. The molecule has 0 saturated heterocycles. The molecule has 0 fully saturated rings. The van der Waals surface area contributed by atoms with E-state index in [1.54, 1.807) is 14.7 Å². The molecule has 0 aromatic heterocycles. The van der Waals surface area contributed by atoms with E-state index < -0.39 is 0 Å². The first-order valence-corrected chi connectivity index (χ1v) is 11.3. The molecule has 0 aliphatic carbocycles. The van der Waals surface area contributed by atoms with E-state index in [1.165, 1.54) is 39.0 Å². The number of ketones is 3. The molecule has 0 aromatic carbocycles. The predicted octanol–water partition coefficient (Wildman–Crippen LogP) is 3.95. The third kappa shape index (κ3) is 21.4. The Morgan fingerprint density at radius 1 is 0.500 bits per heavy atom. The largest absolute Gasteiger partial charge is 0.495 e. The van der Waals surface area contributed by atoms with Crippen molar-refractivity contribution in [3.05, 3.63) is 35.9 Å². The minimum absolute atomic E-state index is 0. The average molecular weight is 527 g/mol. The van der Waals surface area contributed by atoms with Crippen molar-refractivity contribution in [2.24, 2.45) is 0 Å². The van der Waals surface area contributed by atoms with Gasteiger partial charge in [0.25, 0.3) is 0 Å². The van der Waals surface area contributed by atoms with Crippen molar-refractivity contribution in [2.45, 2.75) is 62.3 Å². The number of carbonyl (C=O) groups excluding carboxylic acids is 3. The Labute approximate surface area is 216 Å². The fourth-order valence-electron chi connectivity index (χ4n) is 2.46. The fourth-order valence-corrected chi connectivity index (χ4v) is 2.46. The maximum atomic E-state index is 10.5. The second kappa shape index (κ2) is 23.7. The number of aliphatic hydroxyl groups is 3. The van der Waals surface area contributed by atoms with E-state index in [0.29, 0.717) is 39.3 Å². The predicted molar refractivity (Wildman–Crippen MR) is 133 cm³/mol. The zero-order valence-electron chi connectivity index (χ0n) is 22.2. The van der Waals surface area contributed by atoms with Crippen LogP contribution in [0.1, 0.15) is 62.3 Å². The molecule has 34 heavy (non-hydrogen) atoms. The van der Waals surface area contributed by atoms with Gasteiger partial charge in [0.05, 0.1) is 0 Å². The van der Waals surface area contributed by atoms with Crippen molar-refractivity contribution in [2.75, 3.05) is 39.3 Å². The molecule has 0 heterocycles. The van der Waals surface area contributed by atoms with Gasteiger partial charge >= 0.3 is 0 Å². The number of nitrogens with zero attached hydrogens (tertiary/aromatic N) is 3. The molecule has 0 atom stereocenters. The van der Waals surface area contributed by atoms with Gasteiger partial charge in [-0.25, -0.2) is 0 Å². The van der Waals surface area contributed by atoms with Gasteiger partial charge in [0.15, 0.2) is 35.0 Å². The van der Waals surface area contributed by atoms with E-state index in [1.807, 2.05) is 41.5 Å². The molecule has 0 aliphatic heterocycles. The number of rotatable bonds is 12. The summed E-state index contributed by atoms with van der Waals surface area (Å²) in [7, 11) is 0. The van der Waals surface area contributed by atoms with Crippen LogP contribution >= 0.6 is 0 Å². The summed E-state index contributed by atoms with van der Waals surface area (Å²) in [5.41, 5.74) is 0. The van der Waals surface area contributed by atoms with Gasteiger partial charge in [0.2, 0.25) is 0 Å². The van der Waals surface area contributed by atoms with Gasteiger partial charge < -0.3 is 30.0 Å². The normalized spacial score (nSPS) is 11.0. The molecular weight excluding hydrogens is 482 g/mol. The van der Waals surface area contributed by atoms with E-state index in [2.05, 4.69) is 0 Å². The Balaban J connectivity index is -0.000000196. The van der Waals surface area contributed by atoms with E-state index in [-0.39, 0.29) is 52.1 Å². The molecule has 0 rings (SSSR count). The van der Waals surface area contributed by atoms with Crippen LogP contribution in [0.15, 0.2) is 35.9 Å². The van der Waals surface area contributed by atoms with Gasteiger partial charge in [-0.2, -0.15) is 0 Å². The molecule has 10 heteroatoms. The van der Waals surface area contributed by atoms with E-state index in [9.17, 15) is 29.7 Å². The summed E-state index contributed by atoms with van der Waals surface area (Å²) in [6.07, 6.45) is 3.69. The monoisotopic (exact) mass is 527 g/mol. The zero-order chi connectivity index (χ0) is 26.6. The summed E-state index contributed by atoms with van der Waals surface area (Å²) in [4.78, 5) is 36.7. The van der Waals surface area contributed by atoms with Crippen LogP contribution in [-0.2, 0) is 31.5 Å². The Kier molecular flexibility index (Phi) is 27.0. The molecule has 0 aliphatic rings. The number of hydrogen-bond acceptors (Lipinski definition) is 9. The Morgan fingerprint density at radius 3 is 0.735 bits per heavy atom. The number of carbonyl (C=O) groups is 3. The fraction of sp³-hybridized carbons (Fsp3) is 0.625. The summed E-state index contributed by atoms with van der Waals surface area (Å²) in [6.45, 7) is 20.1. The topological polar surface area (TPSA) is 122 Å². The molecule has 3 N–H and O–H groups in total. The molecule has 0 unspecified atom stereocenters. The van der Waals surface area contributed by atoms with Crippen LogP contribution in [0.4, 0.5) is 0 Å². The average Bonchev–Trinajstić information content (AvgIpc) is 2.70. The molecule has 0 aromatic rings. The molecular formula is C24H45FeN3O6. The first-order valence-electron chi connectivity index (χ1n) is 11.3. The van der Waals surface area contributed by atoms with Gasteiger partial charge in [-0.15, -0.1) is 0 Å². The van der Waals surface area contributed by atoms with Crippen molar-refractivity contribution in [1.82, 2.24) is 14.7 Å². The van der Waals surface area contributed by atoms with E-state index in [4.69, 9.17) is 0 Å². The minimum atomic E-state index is -0.130. The first kappa shape index (κ1) is 38.8. The molecule has 0 radical (unpaired) electrons. The number of allylic oxidation sites excluding steroid dienone is 3. The van der Waals surface area contributed by atoms with Crippen LogP contribution in [0, 0.1) is 0 Å². The Morgan fingerprint density at radius 2 is 0.647 bits per heavy atom. The van der Waals surface area contributed by atoms with Gasteiger partial charge in [-0.3, -0.25) is 14.4 Å². The van der Waals surface area contributed by atoms with Crippen molar-refractivity contribution in [3.8, 4) is 0 Å². The van der Waals surface area contributed by atoms with Crippen molar-refractivity contribution >= 4 is 17.3 Å². The summed E-state index contributed by atoms with van der Waals surface area (Å²) in [5, 5.41) is 27.7. The SMILES string of the molecule is CCN(CC)/C(O)=C/C(C)=O.CCN(CC)C(O)=CC(C)=O.CCN(CC)C(O)=CC(C)=O.[Fe]. The van der Waals surface area contributed by atoms with Gasteiger partial charge in [0, 0.05) is 74.6 Å². The maximum Gasteiger partial charge on any atom is 0.190 e. The van der Waals surface area contributed by atoms with Crippen molar-refractivity contribution in [3.63, 3.8) is 0 Å². The second-order valence-corrected chi connectivity index (χ2v) is 6.86. The van der Waals surface area contributed by atoms with Crippen LogP contribution in [-0.4, -0.2) is 86.6 Å². The summed E-state index contributed by atoms with van der Waals surface area (Å²) in [5.74, 6) is -0.217. The first-order chi connectivity index (χ1) is 15.3. The summed E-state index contributed by atoms with van der Waals surface area (Å²) < 4.78 is 0. The van der Waals surface area contributed by atoms with Crippen molar-refractivity contribution < 1.29 is 46.8 Å². The minimum Gasteiger partial charge on any atom is -0.495 e. The van der Waals surface area contributed by atoms with Crippen LogP contribution in [0.3, 0.4) is 0 Å².